The molecule has 1 aromatic carbocycles. The average Bonchev–Trinajstić information content (AvgIpc) is 2.29. The molecule has 0 aliphatic heterocycles. The third kappa shape index (κ3) is 5.89. The first-order valence-electron chi connectivity index (χ1n) is 5.64. The first kappa shape index (κ1) is 11.8. The molecule has 0 spiro atoms. The summed E-state index contributed by atoms with van der Waals surface area (Å²) < 4.78 is 0. The van der Waals surface area contributed by atoms with Crippen molar-refractivity contribution in [2.75, 3.05) is 6.54 Å². The van der Waals surface area contributed by atoms with Gasteiger partial charge in [0.15, 0.2) is 0 Å². The summed E-state index contributed by atoms with van der Waals surface area (Å²) in [5.74, 6) is 0. The summed E-state index contributed by atoms with van der Waals surface area (Å²) in [6.45, 7) is 0.814. The standard InChI is InChI=1S/C13H19NO/c15-12-14-11-7-2-1-4-8-13-9-5-3-6-10-13/h3,5-6,9-10,12H,1-2,4,7-8,11H2,(H,14,15). The SMILES string of the molecule is O=CNCCCCCCc1ccccc1. The van der Waals surface area contributed by atoms with E-state index in [4.69, 9.17) is 0 Å². The number of rotatable bonds is 8. The monoisotopic (exact) mass is 205 g/mol. The number of nitrogens with one attached hydrogen (secondary N) is 1. The largest absolute Gasteiger partial charge is 0.359 e. The molecule has 0 aliphatic rings. The van der Waals surface area contributed by atoms with Crippen molar-refractivity contribution in [3.8, 4) is 0 Å². The lowest BCUT2D eigenvalue weighted by Gasteiger charge is -2.01. The van der Waals surface area contributed by atoms with Crippen molar-refractivity contribution in [2.45, 2.75) is 32.1 Å². The molecule has 1 aromatic rings. The van der Waals surface area contributed by atoms with E-state index in [1.54, 1.807) is 0 Å². The van der Waals surface area contributed by atoms with Gasteiger partial charge in [0.25, 0.3) is 0 Å². The number of hydrogen-bond acceptors (Lipinski definition) is 1. The van der Waals surface area contributed by atoms with Crippen LogP contribution in [0.2, 0.25) is 0 Å². The zero-order valence-corrected chi connectivity index (χ0v) is 9.11. The summed E-state index contributed by atoms with van der Waals surface area (Å²) in [4.78, 5) is 9.97. The van der Waals surface area contributed by atoms with Crippen molar-refractivity contribution in [1.82, 2.24) is 5.32 Å². The second kappa shape index (κ2) is 8.04. The minimum absolute atomic E-state index is 0.768. The van der Waals surface area contributed by atoms with Crippen molar-refractivity contribution in [2.24, 2.45) is 0 Å². The first-order chi connectivity index (χ1) is 7.43. The van der Waals surface area contributed by atoms with Crippen LogP contribution in [-0.4, -0.2) is 13.0 Å². The Labute approximate surface area is 91.7 Å². The fourth-order valence-electron chi connectivity index (χ4n) is 1.61. The molecule has 82 valence electrons. The van der Waals surface area contributed by atoms with Gasteiger partial charge in [0.2, 0.25) is 6.41 Å². The minimum atomic E-state index is 0.768. The molecule has 0 saturated carbocycles. The van der Waals surface area contributed by atoms with Crippen molar-refractivity contribution >= 4 is 6.41 Å². The van der Waals surface area contributed by atoms with Gasteiger partial charge in [-0.3, -0.25) is 4.79 Å². The molecule has 0 aromatic heterocycles. The second-order valence-corrected chi connectivity index (χ2v) is 3.72. The Balaban J connectivity index is 1.95. The van der Waals surface area contributed by atoms with Gasteiger partial charge in [0, 0.05) is 6.54 Å². The predicted octanol–water partition coefficient (Wildman–Crippen LogP) is 2.54. The van der Waals surface area contributed by atoms with Crippen LogP contribution in [0.15, 0.2) is 30.3 Å². The number of amides is 1. The van der Waals surface area contributed by atoms with Crippen molar-refractivity contribution in [3.63, 3.8) is 0 Å². The van der Waals surface area contributed by atoms with Gasteiger partial charge in [0.1, 0.15) is 0 Å². The lowest BCUT2D eigenvalue weighted by molar-refractivity contribution is -0.109. The van der Waals surface area contributed by atoms with Crippen LogP contribution in [0.3, 0.4) is 0 Å². The van der Waals surface area contributed by atoms with E-state index in [9.17, 15) is 4.79 Å². The van der Waals surface area contributed by atoms with Gasteiger partial charge in [-0.2, -0.15) is 0 Å². The molecule has 15 heavy (non-hydrogen) atoms. The Hall–Kier alpha value is -1.31. The number of carbonyl (C=O) groups excluding carboxylic acids is 1. The highest BCUT2D eigenvalue weighted by Gasteiger charge is 1.92. The van der Waals surface area contributed by atoms with Crippen LogP contribution in [0, 0.1) is 0 Å². The smallest absolute Gasteiger partial charge is 0.207 e. The Morgan fingerprint density at radius 3 is 2.47 bits per heavy atom. The van der Waals surface area contributed by atoms with Gasteiger partial charge in [-0.05, 0) is 24.8 Å². The third-order valence-corrected chi connectivity index (χ3v) is 2.46. The molecule has 1 rings (SSSR count). The molecule has 2 heteroatoms. The quantitative estimate of drug-likeness (QED) is 0.513. The topological polar surface area (TPSA) is 29.1 Å². The average molecular weight is 205 g/mol. The number of hydrogen-bond donors (Lipinski definition) is 1. The van der Waals surface area contributed by atoms with Crippen LogP contribution < -0.4 is 5.32 Å². The van der Waals surface area contributed by atoms with E-state index in [2.05, 4.69) is 35.6 Å². The Morgan fingerprint density at radius 1 is 1.00 bits per heavy atom. The molecule has 2 nitrogen and oxygen atoms in total. The Bertz CT molecular complexity index is 258. The lowest BCUT2D eigenvalue weighted by Crippen LogP contribution is -2.11. The van der Waals surface area contributed by atoms with Gasteiger partial charge in [-0.15, -0.1) is 0 Å². The number of carbonyl (C=O) groups is 1. The molecular weight excluding hydrogens is 186 g/mol. The maximum atomic E-state index is 9.97. The molecule has 1 N–H and O–H groups in total. The predicted molar refractivity (Wildman–Crippen MR) is 62.7 cm³/mol. The number of aryl methyl sites for hydroxylation is 1. The van der Waals surface area contributed by atoms with Crippen molar-refractivity contribution < 1.29 is 4.79 Å². The van der Waals surface area contributed by atoms with E-state index in [1.165, 1.54) is 31.2 Å². The molecule has 0 radical (unpaired) electrons. The molecule has 0 unspecified atom stereocenters. The summed E-state index contributed by atoms with van der Waals surface area (Å²) in [6, 6.07) is 10.6. The minimum Gasteiger partial charge on any atom is -0.359 e. The zero-order valence-electron chi connectivity index (χ0n) is 9.11. The molecule has 1 amide bonds. The normalized spacial score (nSPS) is 9.87. The first-order valence-corrected chi connectivity index (χ1v) is 5.64. The molecule has 0 fully saturated rings. The van der Waals surface area contributed by atoms with Crippen LogP contribution in [0.4, 0.5) is 0 Å². The van der Waals surface area contributed by atoms with E-state index in [1.807, 2.05) is 0 Å². The van der Waals surface area contributed by atoms with E-state index in [-0.39, 0.29) is 0 Å². The van der Waals surface area contributed by atoms with Gasteiger partial charge in [-0.1, -0.05) is 43.2 Å². The summed E-state index contributed by atoms with van der Waals surface area (Å²) in [7, 11) is 0. The highest BCUT2D eigenvalue weighted by molar-refractivity contribution is 5.45. The highest BCUT2D eigenvalue weighted by Crippen LogP contribution is 2.06. The summed E-state index contributed by atoms with van der Waals surface area (Å²) in [6.07, 6.45) is 6.72. The van der Waals surface area contributed by atoms with Crippen LogP contribution in [0.25, 0.3) is 0 Å². The summed E-state index contributed by atoms with van der Waals surface area (Å²) in [5.41, 5.74) is 1.42. The van der Waals surface area contributed by atoms with E-state index < -0.39 is 0 Å². The fourth-order valence-corrected chi connectivity index (χ4v) is 1.61. The van der Waals surface area contributed by atoms with Crippen LogP contribution in [0.5, 0.6) is 0 Å². The van der Waals surface area contributed by atoms with Gasteiger partial charge >= 0.3 is 0 Å². The van der Waals surface area contributed by atoms with Crippen LogP contribution in [0.1, 0.15) is 31.2 Å². The molecule has 0 atom stereocenters. The van der Waals surface area contributed by atoms with Gasteiger partial charge < -0.3 is 5.32 Å². The van der Waals surface area contributed by atoms with E-state index in [0.29, 0.717) is 0 Å². The van der Waals surface area contributed by atoms with Gasteiger partial charge in [-0.25, -0.2) is 0 Å². The van der Waals surface area contributed by atoms with E-state index >= 15 is 0 Å². The maximum absolute atomic E-state index is 9.97. The lowest BCUT2D eigenvalue weighted by atomic mass is 10.1. The van der Waals surface area contributed by atoms with Crippen molar-refractivity contribution in [1.29, 1.82) is 0 Å². The molecular formula is C13H19NO. The Kier molecular flexibility index (Phi) is 6.30. The summed E-state index contributed by atoms with van der Waals surface area (Å²) in [5, 5.41) is 2.68. The van der Waals surface area contributed by atoms with Crippen molar-refractivity contribution in [3.05, 3.63) is 35.9 Å². The Morgan fingerprint density at radius 2 is 1.73 bits per heavy atom. The van der Waals surface area contributed by atoms with Crippen LogP contribution >= 0.6 is 0 Å². The summed E-state index contributed by atoms with van der Waals surface area (Å²) >= 11 is 0. The third-order valence-electron chi connectivity index (χ3n) is 2.46. The van der Waals surface area contributed by atoms with E-state index in [0.717, 1.165) is 19.4 Å². The number of benzene rings is 1. The van der Waals surface area contributed by atoms with Crippen LogP contribution in [-0.2, 0) is 11.2 Å². The fraction of sp³-hybridized carbons (Fsp3) is 0.462. The maximum Gasteiger partial charge on any atom is 0.207 e. The van der Waals surface area contributed by atoms with Gasteiger partial charge in [0.05, 0.1) is 0 Å². The highest BCUT2D eigenvalue weighted by atomic mass is 16.1. The number of unbranched alkanes of at least 4 members (excludes halogenated alkanes) is 3. The molecule has 0 heterocycles. The molecule has 0 aliphatic carbocycles. The second-order valence-electron chi connectivity index (χ2n) is 3.72. The zero-order chi connectivity index (χ0) is 10.8. The molecule has 0 saturated heterocycles. The molecule has 0 bridgehead atoms.